The minimum absolute atomic E-state index is 0.110. The molecule has 0 amide bonds. The van der Waals surface area contributed by atoms with E-state index in [0.717, 1.165) is 13.0 Å². The van der Waals surface area contributed by atoms with Gasteiger partial charge in [0.2, 0.25) is 0 Å². The number of thiophene rings is 1. The maximum Gasteiger partial charge on any atom is 0.0697 e. The van der Waals surface area contributed by atoms with Crippen LogP contribution < -0.4 is 5.32 Å². The van der Waals surface area contributed by atoms with Crippen LogP contribution in [0.1, 0.15) is 24.9 Å². The van der Waals surface area contributed by atoms with Crippen molar-refractivity contribution in [3.8, 4) is 0 Å². The average molecular weight is 229 g/mol. The summed E-state index contributed by atoms with van der Waals surface area (Å²) in [5.74, 6) is 0. The third kappa shape index (κ3) is 5.28. The highest BCUT2D eigenvalue weighted by molar-refractivity contribution is 7.07. The van der Waals surface area contributed by atoms with E-state index in [-0.39, 0.29) is 6.61 Å². The Hall–Kier alpha value is -0.420. The van der Waals surface area contributed by atoms with Crippen LogP contribution in [0.5, 0.6) is 0 Å². The van der Waals surface area contributed by atoms with Gasteiger partial charge in [0.15, 0.2) is 0 Å². The highest BCUT2D eigenvalue weighted by atomic mass is 32.1. The molecular formula is C11H19NO2S. The Kier molecular flexibility index (Phi) is 6.59. The number of hydrogen-bond acceptors (Lipinski definition) is 4. The van der Waals surface area contributed by atoms with Crippen molar-refractivity contribution in [1.29, 1.82) is 0 Å². The Morgan fingerprint density at radius 3 is 3.07 bits per heavy atom. The Bertz CT molecular complexity index is 239. The van der Waals surface area contributed by atoms with Crippen molar-refractivity contribution in [2.24, 2.45) is 0 Å². The maximum atomic E-state index is 8.50. The van der Waals surface area contributed by atoms with Crippen LogP contribution in [0.2, 0.25) is 0 Å². The van der Waals surface area contributed by atoms with Gasteiger partial charge in [-0.05, 0) is 42.3 Å². The van der Waals surface area contributed by atoms with Crippen LogP contribution in [-0.4, -0.2) is 31.5 Å². The molecule has 0 aromatic carbocycles. The normalized spacial score (nSPS) is 12.9. The molecule has 0 aliphatic heterocycles. The SMILES string of the molecule is CC(NCCCOCCO)c1ccsc1. The zero-order chi connectivity index (χ0) is 10.9. The highest BCUT2D eigenvalue weighted by Crippen LogP contribution is 2.14. The van der Waals surface area contributed by atoms with E-state index in [2.05, 4.69) is 29.1 Å². The van der Waals surface area contributed by atoms with Crippen LogP contribution in [0.15, 0.2) is 16.8 Å². The molecule has 15 heavy (non-hydrogen) atoms. The second kappa shape index (κ2) is 7.82. The molecule has 1 aromatic rings. The summed E-state index contributed by atoms with van der Waals surface area (Å²) in [6.07, 6.45) is 0.981. The molecule has 1 heterocycles. The minimum Gasteiger partial charge on any atom is -0.394 e. The standard InChI is InChI=1S/C11H19NO2S/c1-10(11-3-8-15-9-11)12-4-2-6-14-7-5-13/h3,8-10,12-13H,2,4-7H2,1H3. The van der Waals surface area contributed by atoms with Crippen molar-refractivity contribution in [1.82, 2.24) is 5.32 Å². The zero-order valence-electron chi connectivity index (χ0n) is 9.11. The molecule has 3 nitrogen and oxygen atoms in total. The summed E-state index contributed by atoms with van der Waals surface area (Å²) in [4.78, 5) is 0. The van der Waals surface area contributed by atoms with Crippen molar-refractivity contribution < 1.29 is 9.84 Å². The summed E-state index contributed by atoms with van der Waals surface area (Å²) in [5.41, 5.74) is 1.34. The van der Waals surface area contributed by atoms with E-state index in [1.165, 1.54) is 5.56 Å². The van der Waals surface area contributed by atoms with Gasteiger partial charge in [-0.2, -0.15) is 11.3 Å². The number of hydrogen-bond donors (Lipinski definition) is 2. The van der Waals surface area contributed by atoms with Crippen LogP contribution in [0.4, 0.5) is 0 Å². The van der Waals surface area contributed by atoms with E-state index >= 15 is 0 Å². The predicted molar refractivity (Wildman–Crippen MR) is 63.3 cm³/mol. The van der Waals surface area contributed by atoms with Crippen LogP contribution >= 0.6 is 11.3 Å². The molecule has 2 N–H and O–H groups in total. The molecule has 0 saturated heterocycles. The van der Waals surface area contributed by atoms with E-state index in [0.29, 0.717) is 19.3 Å². The Morgan fingerprint density at radius 2 is 2.40 bits per heavy atom. The Balaban J connectivity index is 2.00. The van der Waals surface area contributed by atoms with E-state index in [4.69, 9.17) is 9.84 Å². The van der Waals surface area contributed by atoms with Crippen molar-refractivity contribution in [3.63, 3.8) is 0 Å². The summed E-state index contributed by atoms with van der Waals surface area (Å²) < 4.78 is 5.17. The van der Waals surface area contributed by atoms with Gasteiger partial charge in [-0.3, -0.25) is 0 Å². The fourth-order valence-electron chi connectivity index (χ4n) is 1.30. The number of ether oxygens (including phenoxy) is 1. The summed E-state index contributed by atoms with van der Waals surface area (Å²) in [5, 5.41) is 16.2. The number of aliphatic hydroxyl groups excluding tert-OH is 1. The van der Waals surface area contributed by atoms with E-state index < -0.39 is 0 Å². The van der Waals surface area contributed by atoms with E-state index in [1.807, 2.05) is 0 Å². The zero-order valence-corrected chi connectivity index (χ0v) is 9.93. The third-order valence-electron chi connectivity index (χ3n) is 2.19. The second-order valence-corrected chi connectivity index (χ2v) is 4.20. The van der Waals surface area contributed by atoms with Crippen molar-refractivity contribution in [2.45, 2.75) is 19.4 Å². The molecule has 1 atom stereocenters. The topological polar surface area (TPSA) is 41.5 Å². The van der Waals surface area contributed by atoms with Gasteiger partial charge in [0.05, 0.1) is 13.2 Å². The smallest absolute Gasteiger partial charge is 0.0697 e. The third-order valence-corrected chi connectivity index (χ3v) is 2.90. The molecule has 0 spiro atoms. The molecule has 0 saturated carbocycles. The summed E-state index contributed by atoms with van der Waals surface area (Å²) in [6.45, 7) is 4.38. The second-order valence-electron chi connectivity index (χ2n) is 3.42. The monoisotopic (exact) mass is 229 g/mol. The molecule has 86 valence electrons. The maximum absolute atomic E-state index is 8.50. The first kappa shape index (κ1) is 12.6. The lowest BCUT2D eigenvalue weighted by molar-refractivity contribution is 0.0904. The van der Waals surface area contributed by atoms with Crippen LogP contribution in [0.3, 0.4) is 0 Å². The van der Waals surface area contributed by atoms with Gasteiger partial charge >= 0.3 is 0 Å². The molecule has 1 rings (SSSR count). The van der Waals surface area contributed by atoms with Gasteiger partial charge in [0.1, 0.15) is 0 Å². The molecule has 0 bridgehead atoms. The quantitative estimate of drug-likeness (QED) is 0.668. The summed E-state index contributed by atoms with van der Waals surface area (Å²) in [6, 6.07) is 2.55. The van der Waals surface area contributed by atoms with E-state index in [1.54, 1.807) is 11.3 Å². The van der Waals surface area contributed by atoms with Gasteiger partial charge in [-0.25, -0.2) is 0 Å². The molecule has 0 aliphatic carbocycles. The molecular weight excluding hydrogens is 210 g/mol. The van der Waals surface area contributed by atoms with Crippen molar-refractivity contribution in [2.75, 3.05) is 26.4 Å². The summed E-state index contributed by atoms with van der Waals surface area (Å²) in [7, 11) is 0. The fraction of sp³-hybridized carbons (Fsp3) is 0.636. The molecule has 0 aliphatic rings. The molecule has 0 radical (unpaired) electrons. The van der Waals surface area contributed by atoms with E-state index in [9.17, 15) is 0 Å². The lowest BCUT2D eigenvalue weighted by atomic mass is 10.2. The highest BCUT2D eigenvalue weighted by Gasteiger charge is 2.03. The Morgan fingerprint density at radius 1 is 1.53 bits per heavy atom. The van der Waals surface area contributed by atoms with Gasteiger partial charge in [-0.1, -0.05) is 0 Å². The predicted octanol–water partition coefficient (Wildman–Crippen LogP) is 1.80. The van der Waals surface area contributed by atoms with Crippen LogP contribution in [0, 0.1) is 0 Å². The largest absolute Gasteiger partial charge is 0.394 e. The first-order chi connectivity index (χ1) is 7.34. The number of aliphatic hydroxyl groups is 1. The number of nitrogens with one attached hydrogen (secondary N) is 1. The van der Waals surface area contributed by atoms with Crippen LogP contribution in [0.25, 0.3) is 0 Å². The van der Waals surface area contributed by atoms with Gasteiger partial charge in [-0.15, -0.1) is 0 Å². The van der Waals surface area contributed by atoms with Crippen molar-refractivity contribution in [3.05, 3.63) is 22.4 Å². The van der Waals surface area contributed by atoms with Gasteiger partial charge < -0.3 is 15.2 Å². The van der Waals surface area contributed by atoms with Crippen LogP contribution in [-0.2, 0) is 4.74 Å². The lowest BCUT2D eigenvalue weighted by Gasteiger charge is -2.12. The van der Waals surface area contributed by atoms with Crippen molar-refractivity contribution >= 4 is 11.3 Å². The minimum atomic E-state index is 0.110. The Labute approximate surface area is 95.1 Å². The van der Waals surface area contributed by atoms with Gasteiger partial charge in [0.25, 0.3) is 0 Å². The molecule has 1 aromatic heterocycles. The average Bonchev–Trinajstić information content (AvgIpc) is 2.76. The molecule has 0 fully saturated rings. The summed E-state index contributed by atoms with van der Waals surface area (Å²) >= 11 is 1.73. The molecule has 4 heteroatoms. The lowest BCUT2D eigenvalue weighted by Crippen LogP contribution is -2.20. The van der Waals surface area contributed by atoms with Gasteiger partial charge in [0, 0.05) is 12.6 Å². The first-order valence-electron chi connectivity index (χ1n) is 5.28. The number of rotatable bonds is 8. The fourth-order valence-corrected chi connectivity index (χ4v) is 2.05. The first-order valence-corrected chi connectivity index (χ1v) is 6.23. The molecule has 1 unspecified atom stereocenters.